The number of aliphatic hydroxyl groups excluding tert-OH is 1. The summed E-state index contributed by atoms with van der Waals surface area (Å²) in [6.07, 6.45) is 0.0488. The van der Waals surface area contributed by atoms with Crippen LogP contribution in [0.4, 0.5) is 5.69 Å². The minimum Gasteiger partial charge on any atom is -0.385 e. The van der Waals surface area contributed by atoms with Crippen LogP contribution in [0.5, 0.6) is 0 Å². The highest BCUT2D eigenvalue weighted by molar-refractivity contribution is 5.96. The second-order valence-corrected chi connectivity index (χ2v) is 7.73. The van der Waals surface area contributed by atoms with Crippen LogP contribution in [0.2, 0.25) is 0 Å². The summed E-state index contributed by atoms with van der Waals surface area (Å²) < 4.78 is 7.20. The molecule has 0 spiro atoms. The van der Waals surface area contributed by atoms with Gasteiger partial charge in [-0.1, -0.05) is 37.3 Å². The first kappa shape index (κ1) is 22.0. The SMILES string of the molecule is CCc1cccc(C)c1N(C(=O)Cn1c(C(C)O)nc2ccccc21)C(C)COC. The number of carbonyl (C=O) groups is 1. The second kappa shape index (κ2) is 9.41. The van der Waals surface area contributed by atoms with Gasteiger partial charge in [-0.3, -0.25) is 4.79 Å². The topological polar surface area (TPSA) is 67.6 Å². The first-order valence-electron chi connectivity index (χ1n) is 10.4. The van der Waals surface area contributed by atoms with Crippen LogP contribution >= 0.6 is 0 Å². The molecule has 3 aromatic rings. The number of fused-ring (bicyclic) bond motifs is 1. The van der Waals surface area contributed by atoms with E-state index in [9.17, 15) is 9.90 Å². The van der Waals surface area contributed by atoms with Crippen molar-refractivity contribution < 1.29 is 14.6 Å². The van der Waals surface area contributed by atoms with Gasteiger partial charge in [-0.2, -0.15) is 0 Å². The molecule has 1 amide bonds. The van der Waals surface area contributed by atoms with Gasteiger partial charge in [-0.05, 0) is 50.5 Å². The Balaban J connectivity index is 2.08. The van der Waals surface area contributed by atoms with E-state index in [1.54, 1.807) is 14.0 Å². The van der Waals surface area contributed by atoms with Gasteiger partial charge in [0.05, 0.1) is 29.4 Å². The highest BCUT2D eigenvalue weighted by atomic mass is 16.5. The number of carbonyl (C=O) groups excluding carboxylic acids is 1. The first-order valence-corrected chi connectivity index (χ1v) is 10.4. The molecular weight excluding hydrogens is 378 g/mol. The van der Waals surface area contributed by atoms with E-state index in [0.717, 1.165) is 34.3 Å². The standard InChI is InChI=1S/C24H31N3O3/c1-6-19-11-9-10-16(2)23(19)27(17(3)15-30-5)22(29)14-26-21-13-8-7-12-20(21)25-24(26)18(4)28/h7-13,17-18,28H,6,14-15H2,1-5H3. The van der Waals surface area contributed by atoms with Gasteiger partial charge in [0.1, 0.15) is 18.5 Å². The number of anilines is 1. The molecule has 1 N–H and O–H groups in total. The molecular formula is C24H31N3O3. The number of aryl methyl sites for hydroxylation is 2. The van der Waals surface area contributed by atoms with Crippen molar-refractivity contribution >= 4 is 22.6 Å². The lowest BCUT2D eigenvalue weighted by atomic mass is 10.0. The van der Waals surface area contributed by atoms with Crippen LogP contribution in [0, 0.1) is 6.92 Å². The Bertz CT molecular complexity index is 1030. The summed E-state index contributed by atoms with van der Waals surface area (Å²) in [4.78, 5) is 20.1. The van der Waals surface area contributed by atoms with Crippen LogP contribution in [-0.2, 0) is 22.5 Å². The lowest BCUT2D eigenvalue weighted by Gasteiger charge is -2.32. The molecule has 0 radical (unpaired) electrons. The summed E-state index contributed by atoms with van der Waals surface area (Å²) in [6.45, 7) is 8.31. The lowest BCUT2D eigenvalue weighted by Crippen LogP contribution is -2.44. The molecule has 0 fully saturated rings. The van der Waals surface area contributed by atoms with Crippen LogP contribution in [0.25, 0.3) is 11.0 Å². The average Bonchev–Trinajstić information content (AvgIpc) is 3.08. The van der Waals surface area contributed by atoms with E-state index in [2.05, 4.69) is 18.0 Å². The number of aliphatic hydroxyl groups is 1. The van der Waals surface area contributed by atoms with Crippen molar-refractivity contribution in [2.24, 2.45) is 0 Å². The molecule has 0 saturated carbocycles. The molecule has 6 heteroatoms. The summed E-state index contributed by atoms with van der Waals surface area (Å²) in [6, 6.07) is 13.6. The predicted octanol–water partition coefficient (Wildman–Crippen LogP) is 4.03. The molecule has 2 atom stereocenters. The van der Waals surface area contributed by atoms with E-state index in [-0.39, 0.29) is 18.5 Å². The molecule has 0 saturated heterocycles. The molecule has 160 valence electrons. The van der Waals surface area contributed by atoms with Crippen molar-refractivity contribution in [3.05, 3.63) is 59.4 Å². The van der Waals surface area contributed by atoms with Crippen molar-refractivity contribution in [1.82, 2.24) is 9.55 Å². The molecule has 6 nitrogen and oxygen atoms in total. The van der Waals surface area contributed by atoms with Gasteiger partial charge in [-0.25, -0.2) is 4.98 Å². The third-order valence-corrected chi connectivity index (χ3v) is 5.41. The number of hydrogen-bond donors (Lipinski definition) is 1. The second-order valence-electron chi connectivity index (χ2n) is 7.73. The van der Waals surface area contributed by atoms with E-state index < -0.39 is 6.10 Å². The smallest absolute Gasteiger partial charge is 0.247 e. The minimum absolute atomic E-state index is 0.0615. The Morgan fingerprint density at radius 1 is 1.20 bits per heavy atom. The van der Waals surface area contributed by atoms with Gasteiger partial charge in [0, 0.05) is 7.11 Å². The highest BCUT2D eigenvalue weighted by Gasteiger charge is 2.27. The Hall–Kier alpha value is -2.70. The van der Waals surface area contributed by atoms with Gasteiger partial charge >= 0.3 is 0 Å². The fourth-order valence-corrected chi connectivity index (χ4v) is 4.05. The van der Waals surface area contributed by atoms with E-state index in [1.807, 2.05) is 59.7 Å². The van der Waals surface area contributed by atoms with Crippen LogP contribution in [0.3, 0.4) is 0 Å². The predicted molar refractivity (Wildman–Crippen MR) is 120 cm³/mol. The Labute approximate surface area is 178 Å². The van der Waals surface area contributed by atoms with Gasteiger partial charge in [-0.15, -0.1) is 0 Å². The number of imidazole rings is 1. The zero-order chi connectivity index (χ0) is 21.8. The summed E-state index contributed by atoms with van der Waals surface area (Å²) in [5, 5.41) is 10.3. The summed E-state index contributed by atoms with van der Waals surface area (Å²) in [5.41, 5.74) is 4.72. The summed E-state index contributed by atoms with van der Waals surface area (Å²) >= 11 is 0. The number of benzene rings is 2. The van der Waals surface area contributed by atoms with Crippen molar-refractivity contribution in [2.75, 3.05) is 18.6 Å². The summed E-state index contributed by atoms with van der Waals surface area (Å²) in [5.74, 6) is 0.429. The highest BCUT2D eigenvalue weighted by Crippen LogP contribution is 2.29. The third kappa shape index (κ3) is 4.25. The molecule has 0 aliphatic rings. The number of amides is 1. The largest absolute Gasteiger partial charge is 0.385 e. The molecule has 2 aromatic carbocycles. The van der Waals surface area contributed by atoms with Crippen molar-refractivity contribution in [1.29, 1.82) is 0 Å². The normalized spacial score (nSPS) is 13.4. The van der Waals surface area contributed by atoms with Crippen LogP contribution in [-0.4, -0.2) is 40.3 Å². The fourth-order valence-electron chi connectivity index (χ4n) is 4.05. The van der Waals surface area contributed by atoms with Crippen molar-refractivity contribution in [2.45, 2.75) is 52.8 Å². The summed E-state index contributed by atoms with van der Waals surface area (Å²) in [7, 11) is 1.65. The van der Waals surface area contributed by atoms with Gasteiger partial charge in [0.2, 0.25) is 5.91 Å². The maximum Gasteiger partial charge on any atom is 0.247 e. The minimum atomic E-state index is -0.778. The molecule has 2 unspecified atom stereocenters. The Morgan fingerprint density at radius 3 is 2.60 bits per heavy atom. The molecule has 1 heterocycles. The zero-order valence-corrected chi connectivity index (χ0v) is 18.4. The Kier molecular flexibility index (Phi) is 6.90. The fraction of sp³-hybridized carbons (Fsp3) is 0.417. The molecule has 3 rings (SSSR count). The maximum atomic E-state index is 13.7. The quantitative estimate of drug-likeness (QED) is 0.610. The molecule has 0 aliphatic carbocycles. The van der Waals surface area contributed by atoms with Crippen LogP contribution < -0.4 is 4.90 Å². The monoisotopic (exact) mass is 409 g/mol. The number of ether oxygens (including phenoxy) is 1. The number of aromatic nitrogens is 2. The van der Waals surface area contributed by atoms with E-state index in [0.29, 0.717) is 12.4 Å². The first-order chi connectivity index (χ1) is 14.4. The van der Waals surface area contributed by atoms with Gasteiger partial charge < -0.3 is 19.3 Å². The van der Waals surface area contributed by atoms with Crippen molar-refractivity contribution in [3.8, 4) is 0 Å². The molecule has 30 heavy (non-hydrogen) atoms. The number of nitrogens with zero attached hydrogens (tertiary/aromatic N) is 3. The van der Waals surface area contributed by atoms with E-state index in [4.69, 9.17) is 4.74 Å². The molecule has 0 bridgehead atoms. The number of para-hydroxylation sites is 3. The lowest BCUT2D eigenvalue weighted by molar-refractivity contribution is -0.119. The molecule has 0 aliphatic heterocycles. The average molecular weight is 410 g/mol. The number of rotatable bonds is 8. The number of hydrogen-bond acceptors (Lipinski definition) is 4. The van der Waals surface area contributed by atoms with E-state index >= 15 is 0 Å². The van der Waals surface area contributed by atoms with Crippen molar-refractivity contribution in [3.63, 3.8) is 0 Å². The zero-order valence-electron chi connectivity index (χ0n) is 18.4. The van der Waals surface area contributed by atoms with E-state index in [1.165, 1.54) is 0 Å². The maximum absolute atomic E-state index is 13.7. The molecule has 1 aromatic heterocycles. The van der Waals surface area contributed by atoms with Gasteiger partial charge in [0.15, 0.2) is 0 Å². The third-order valence-electron chi connectivity index (χ3n) is 5.41. The number of methoxy groups -OCH3 is 1. The van der Waals surface area contributed by atoms with Crippen LogP contribution in [0.15, 0.2) is 42.5 Å². The van der Waals surface area contributed by atoms with Gasteiger partial charge in [0.25, 0.3) is 0 Å². The Morgan fingerprint density at radius 2 is 1.93 bits per heavy atom. The van der Waals surface area contributed by atoms with Crippen LogP contribution in [0.1, 0.15) is 43.8 Å².